The van der Waals surface area contributed by atoms with Crippen LogP contribution in [0, 0.1) is 17.0 Å². The number of aryl methyl sites for hydroxylation is 1. The lowest BCUT2D eigenvalue weighted by Crippen LogP contribution is -2.29. The maximum atomic E-state index is 12.2. The summed E-state index contributed by atoms with van der Waals surface area (Å²) in [7, 11) is 0. The topological polar surface area (TPSA) is 92.5 Å². The maximum Gasteiger partial charge on any atom is 0.282 e. The number of halogens is 1. The predicted octanol–water partition coefficient (Wildman–Crippen LogP) is 3.02. The van der Waals surface area contributed by atoms with Crippen molar-refractivity contribution in [2.24, 2.45) is 0 Å². The third-order valence-electron chi connectivity index (χ3n) is 3.40. The van der Waals surface area contributed by atoms with Crippen molar-refractivity contribution in [1.82, 2.24) is 5.32 Å². The minimum Gasteiger partial charge on any atom is -0.387 e. The molecule has 0 saturated heterocycles. The molecular formula is C16H15ClN2O4. The fourth-order valence-electron chi connectivity index (χ4n) is 2.20. The van der Waals surface area contributed by atoms with Crippen LogP contribution in [0.15, 0.2) is 42.5 Å². The zero-order valence-electron chi connectivity index (χ0n) is 12.3. The molecule has 2 aromatic rings. The standard InChI is InChI=1S/C16H15ClN2O4/c1-10-4-2-3-5-12(10)15(20)9-18-16(21)13-8-11(17)6-7-14(13)19(22)23/h2-8,15,20H,9H2,1H3,(H,18,21)/t15-/m0/s1. The van der Waals surface area contributed by atoms with Gasteiger partial charge >= 0.3 is 0 Å². The number of carbonyl (C=O) groups excluding carboxylic acids is 1. The zero-order valence-corrected chi connectivity index (χ0v) is 13.1. The van der Waals surface area contributed by atoms with Gasteiger partial charge in [-0.15, -0.1) is 0 Å². The monoisotopic (exact) mass is 334 g/mol. The van der Waals surface area contributed by atoms with Crippen molar-refractivity contribution in [1.29, 1.82) is 0 Å². The molecule has 0 heterocycles. The molecule has 2 N–H and O–H groups in total. The van der Waals surface area contributed by atoms with Gasteiger partial charge in [0.25, 0.3) is 11.6 Å². The van der Waals surface area contributed by atoms with E-state index in [1.807, 2.05) is 19.1 Å². The summed E-state index contributed by atoms with van der Waals surface area (Å²) < 4.78 is 0. The molecule has 0 saturated carbocycles. The van der Waals surface area contributed by atoms with Gasteiger partial charge in [0.15, 0.2) is 0 Å². The Labute approximate surface area is 137 Å². The van der Waals surface area contributed by atoms with Crippen LogP contribution in [0.2, 0.25) is 5.02 Å². The van der Waals surface area contributed by atoms with E-state index in [0.717, 1.165) is 5.56 Å². The van der Waals surface area contributed by atoms with Gasteiger partial charge in [0.05, 0.1) is 11.0 Å². The minimum absolute atomic E-state index is 0.0621. The molecule has 23 heavy (non-hydrogen) atoms. The van der Waals surface area contributed by atoms with Gasteiger partial charge in [0.1, 0.15) is 5.56 Å². The molecule has 2 rings (SSSR count). The van der Waals surface area contributed by atoms with Crippen molar-refractivity contribution in [3.63, 3.8) is 0 Å². The normalized spacial score (nSPS) is 11.8. The second-order valence-electron chi connectivity index (χ2n) is 5.00. The Morgan fingerprint density at radius 1 is 1.35 bits per heavy atom. The third kappa shape index (κ3) is 4.06. The first-order valence-electron chi connectivity index (χ1n) is 6.86. The van der Waals surface area contributed by atoms with Crippen molar-refractivity contribution in [2.45, 2.75) is 13.0 Å². The average Bonchev–Trinajstić information content (AvgIpc) is 2.52. The first-order valence-corrected chi connectivity index (χ1v) is 7.23. The molecule has 0 aliphatic carbocycles. The molecule has 120 valence electrons. The third-order valence-corrected chi connectivity index (χ3v) is 3.64. The number of hydrogen-bond acceptors (Lipinski definition) is 4. The second kappa shape index (κ2) is 7.21. The molecule has 1 atom stereocenters. The number of hydrogen-bond donors (Lipinski definition) is 2. The smallest absolute Gasteiger partial charge is 0.282 e. The molecule has 0 spiro atoms. The highest BCUT2D eigenvalue weighted by molar-refractivity contribution is 6.31. The Bertz CT molecular complexity index is 749. The van der Waals surface area contributed by atoms with E-state index in [9.17, 15) is 20.0 Å². The van der Waals surface area contributed by atoms with Gasteiger partial charge in [-0.05, 0) is 30.2 Å². The fraction of sp³-hybridized carbons (Fsp3) is 0.188. The summed E-state index contributed by atoms with van der Waals surface area (Å²) in [4.78, 5) is 22.5. The highest BCUT2D eigenvalue weighted by atomic mass is 35.5. The molecule has 0 aromatic heterocycles. The average molecular weight is 335 g/mol. The van der Waals surface area contributed by atoms with E-state index in [-0.39, 0.29) is 22.8 Å². The molecule has 0 aliphatic heterocycles. The number of benzene rings is 2. The summed E-state index contributed by atoms with van der Waals surface area (Å²) in [5.74, 6) is -0.660. The van der Waals surface area contributed by atoms with Crippen LogP contribution in [0.5, 0.6) is 0 Å². The van der Waals surface area contributed by atoms with Gasteiger partial charge in [-0.3, -0.25) is 14.9 Å². The fourth-order valence-corrected chi connectivity index (χ4v) is 2.38. The molecular weight excluding hydrogens is 320 g/mol. The molecule has 6 nitrogen and oxygen atoms in total. The van der Waals surface area contributed by atoms with E-state index >= 15 is 0 Å². The van der Waals surface area contributed by atoms with Crippen molar-refractivity contribution in [3.8, 4) is 0 Å². The van der Waals surface area contributed by atoms with Crippen LogP contribution in [-0.4, -0.2) is 22.5 Å². The predicted molar refractivity (Wildman–Crippen MR) is 86.6 cm³/mol. The number of nitrogens with zero attached hydrogens (tertiary/aromatic N) is 1. The first-order chi connectivity index (χ1) is 10.9. The van der Waals surface area contributed by atoms with E-state index in [0.29, 0.717) is 5.56 Å². The molecule has 0 unspecified atom stereocenters. The largest absolute Gasteiger partial charge is 0.387 e. The molecule has 0 bridgehead atoms. The summed E-state index contributed by atoms with van der Waals surface area (Å²) >= 11 is 5.79. The molecule has 2 aromatic carbocycles. The van der Waals surface area contributed by atoms with E-state index in [1.54, 1.807) is 12.1 Å². The number of aliphatic hydroxyl groups excluding tert-OH is 1. The molecule has 7 heteroatoms. The number of amides is 1. The maximum absolute atomic E-state index is 12.2. The molecule has 0 fully saturated rings. The van der Waals surface area contributed by atoms with Gasteiger partial charge < -0.3 is 10.4 Å². The summed E-state index contributed by atoms with van der Waals surface area (Å²) in [5.41, 5.74) is 1.10. The van der Waals surface area contributed by atoms with Crippen LogP contribution in [0.4, 0.5) is 5.69 Å². The van der Waals surface area contributed by atoms with Gasteiger partial charge in [0.2, 0.25) is 0 Å². The SMILES string of the molecule is Cc1ccccc1[C@@H](O)CNC(=O)c1cc(Cl)ccc1[N+](=O)[O-]. The van der Waals surface area contributed by atoms with Crippen LogP contribution in [0.25, 0.3) is 0 Å². The van der Waals surface area contributed by atoms with E-state index in [1.165, 1.54) is 18.2 Å². The van der Waals surface area contributed by atoms with Crippen molar-refractivity contribution in [2.75, 3.05) is 6.54 Å². The summed E-state index contributed by atoms with van der Waals surface area (Å²) in [6.07, 6.45) is -0.904. The number of nitro groups is 1. The van der Waals surface area contributed by atoms with Gasteiger partial charge in [-0.25, -0.2) is 0 Å². The Balaban J connectivity index is 2.13. The Morgan fingerprint density at radius 2 is 2.04 bits per heavy atom. The highest BCUT2D eigenvalue weighted by Crippen LogP contribution is 2.23. The molecule has 0 radical (unpaired) electrons. The van der Waals surface area contributed by atoms with Gasteiger partial charge in [-0.2, -0.15) is 0 Å². The number of carbonyl (C=O) groups is 1. The summed E-state index contributed by atoms with van der Waals surface area (Å²) in [6, 6.07) is 11.0. The van der Waals surface area contributed by atoms with Crippen LogP contribution in [0.3, 0.4) is 0 Å². The molecule has 1 amide bonds. The highest BCUT2D eigenvalue weighted by Gasteiger charge is 2.21. The van der Waals surface area contributed by atoms with Crippen LogP contribution >= 0.6 is 11.6 Å². The quantitative estimate of drug-likeness (QED) is 0.649. The summed E-state index contributed by atoms with van der Waals surface area (Å²) in [5, 5.41) is 23.8. The number of aliphatic hydroxyl groups is 1. The second-order valence-corrected chi connectivity index (χ2v) is 5.44. The van der Waals surface area contributed by atoms with Gasteiger partial charge in [0, 0.05) is 17.6 Å². The Hall–Kier alpha value is -2.44. The number of rotatable bonds is 5. The van der Waals surface area contributed by atoms with E-state index in [4.69, 9.17) is 11.6 Å². The Kier molecular flexibility index (Phi) is 5.31. The Morgan fingerprint density at radius 3 is 2.70 bits per heavy atom. The molecule has 0 aliphatic rings. The van der Waals surface area contributed by atoms with Crippen LogP contribution in [-0.2, 0) is 0 Å². The lowest BCUT2D eigenvalue weighted by atomic mass is 10.0. The first kappa shape index (κ1) is 16.9. The summed E-state index contributed by atoms with van der Waals surface area (Å²) in [6.45, 7) is 1.79. The van der Waals surface area contributed by atoms with E-state index in [2.05, 4.69) is 5.32 Å². The zero-order chi connectivity index (χ0) is 17.0. The van der Waals surface area contributed by atoms with Crippen molar-refractivity contribution >= 4 is 23.2 Å². The lowest BCUT2D eigenvalue weighted by molar-refractivity contribution is -0.385. The van der Waals surface area contributed by atoms with Crippen LogP contribution < -0.4 is 5.32 Å². The lowest BCUT2D eigenvalue weighted by Gasteiger charge is -2.14. The van der Waals surface area contributed by atoms with Crippen molar-refractivity contribution < 1.29 is 14.8 Å². The minimum atomic E-state index is -0.904. The van der Waals surface area contributed by atoms with E-state index < -0.39 is 16.9 Å². The van der Waals surface area contributed by atoms with Crippen molar-refractivity contribution in [3.05, 3.63) is 74.3 Å². The van der Waals surface area contributed by atoms with Gasteiger partial charge in [-0.1, -0.05) is 35.9 Å². The number of nitrogens with one attached hydrogen (secondary N) is 1. The van der Waals surface area contributed by atoms with Crippen LogP contribution in [0.1, 0.15) is 27.6 Å². The number of nitro benzene ring substituents is 1.